The zero-order valence-electron chi connectivity index (χ0n) is 8.54. The van der Waals surface area contributed by atoms with Gasteiger partial charge in [-0.15, -0.1) is 0 Å². The number of carbonyl (C=O) groups is 1. The van der Waals surface area contributed by atoms with Gasteiger partial charge in [0.25, 0.3) is 0 Å². The van der Waals surface area contributed by atoms with Crippen molar-refractivity contribution in [3.05, 3.63) is 58.0 Å². The predicted molar refractivity (Wildman–Crippen MR) is 60.8 cm³/mol. The van der Waals surface area contributed by atoms with Gasteiger partial charge in [-0.3, -0.25) is 4.79 Å². The molecule has 0 radical (unpaired) electrons. The molecule has 2 rings (SSSR count). The minimum absolute atomic E-state index is 0.0626. The molecule has 0 atom stereocenters. The summed E-state index contributed by atoms with van der Waals surface area (Å²) in [6.45, 7) is 0. The molecule has 2 nitrogen and oxygen atoms in total. The van der Waals surface area contributed by atoms with E-state index >= 15 is 0 Å². The summed E-state index contributed by atoms with van der Waals surface area (Å²) in [6.07, 6.45) is 0.958. The van der Waals surface area contributed by atoms with Gasteiger partial charge in [0.1, 0.15) is 11.6 Å². The maximum atomic E-state index is 13.3. The fourth-order valence-electron chi connectivity index (χ4n) is 1.43. The van der Waals surface area contributed by atoms with Gasteiger partial charge in [-0.1, -0.05) is 6.07 Å². The second-order valence-corrected chi connectivity index (χ2v) is 4.25. The molecule has 0 amide bonds. The average Bonchev–Trinajstić information content (AvgIpc) is 2.70. The summed E-state index contributed by atoms with van der Waals surface area (Å²) in [5.41, 5.74) is -0.249. The third-order valence-electron chi connectivity index (χ3n) is 2.27. The molecule has 2 aromatic rings. The summed E-state index contributed by atoms with van der Waals surface area (Å²) in [5, 5.41) is 0. The number of ketones is 1. The highest BCUT2D eigenvalue weighted by molar-refractivity contribution is 9.10. The van der Waals surface area contributed by atoms with Crippen molar-refractivity contribution in [1.29, 1.82) is 0 Å². The maximum Gasteiger partial charge on any atom is 0.203 e. The van der Waals surface area contributed by atoms with Gasteiger partial charge in [0.15, 0.2) is 5.76 Å². The molecule has 0 unspecified atom stereocenters. The van der Waals surface area contributed by atoms with Gasteiger partial charge in [0.2, 0.25) is 5.78 Å². The van der Waals surface area contributed by atoms with Crippen molar-refractivity contribution >= 4 is 21.7 Å². The highest BCUT2D eigenvalue weighted by atomic mass is 79.9. The quantitative estimate of drug-likeness (QED) is 0.808. The summed E-state index contributed by atoms with van der Waals surface area (Å²) < 4.78 is 32.0. The van der Waals surface area contributed by atoms with Crippen molar-refractivity contribution in [1.82, 2.24) is 0 Å². The molecule has 0 saturated carbocycles. The molecule has 0 aliphatic carbocycles. The molecular weight excluding hydrogens is 294 g/mol. The Bertz CT molecular complexity index is 543. The Morgan fingerprint density at radius 1 is 1.24 bits per heavy atom. The first-order chi connectivity index (χ1) is 8.09. The summed E-state index contributed by atoms with van der Waals surface area (Å²) in [5.74, 6) is -1.89. The minimum Gasteiger partial charge on any atom is -0.460 e. The fourth-order valence-corrected chi connectivity index (χ4v) is 1.86. The molecule has 0 N–H and O–H groups in total. The molecule has 88 valence electrons. The van der Waals surface area contributed by atoms with E-state index in [1.54, 1.807) is 6.07 Å². The van der Waals surface area contributed by atoms with Crippen LogP contribution < -0.4 is 0 Å². The number of hydrogen-bond acceptors (Lipinski definition) is 2. The number of benzene rings is 1. The summed E-state index contributed by atoms with van der Waals surface area (Å²) in [6, 6.07) is 5.03. The van der Waals surface area contributed by atoms with Crippen molar-refractivity contribution in [2.75, 3.05) is 0 Å². The number of halogens is 3. The van der Waals surface area contributed by atoms with Crippen molar-refractivity contribution < 1.29 is 18.0 Å². The summed E-state index contributed by atoms with van der Waals surface area (Å²) >= 11 is 3.12. The lowest BCUT2D eigenvalue weighted by atomic mass is 10.1. The molecule has 1 aromatic carbocycles. The van der Waals surface area contributed by atoms with Crippen LogP contribution in [-0.2, 0) is 6.42 Å². The van der Waals surface area contributed by atoms with Crippen molar-refractivity contribution in [3.63, 3.8) is 0 Å². The Morgan fingerprint density at radius 3 is 2.41 bits per heavy atom. The van der Waals surface area contributed by atoms with Gasteiger partial charge in [-0.25, -0.2) is 8.78 Å². The first-order valence-electron chi connectivity index (χ1n) is 4.78. The Morgan fingerprint density at radius 2 is 1.88 bits per heavy atom. The Hall–Kier alpha value is -1.49. The lowest BCUT2D eigenvalue weighted by Crippen LogP contribution is -2.06. The van der Waals surface area contributed by atoms with Crippen molar-refractivity contribution in [2.45, 2.75) is 6.42 Å². The molecule has 0 fully saturated rings. The maximum absolute atomic E-state index is 13.3. The first-order valence-corrected chi connectivity index (χ1v) is 5.58. The van der Waals surface area contributed by atoms with Crippen LogP contribution in [0.2, 0.25) is 0 Å². The SMILES string of the molecule is O=C(Cc1c(F)cccc1F)c1occc1Br. The van der Waals surface area contributed by atoms with Gasteiger partial charge < -0.3 is 4.42 Å². The van der Waals surface area contributed by atoms with E-state index in [9.17, 15) is 13.6 Å². The van der Waals surface area contributed by atoms with E-state index in [-0.39, 0.29) is 17.7 Å². The van der Waals surface area contributed by atoms with Crippen molar-refractivity contribution in [3.8, 4) is 0 Å². The van der Waals surface area contributed by atoms with Crippen LogP contribution in [0.1, 0.15) is 16.1 Å². The number of hydrogen-bond donors (Lipinski definition) is 0. The highest BCUT2D eigenvalue weighted by Gasteiger charge is 2.18. The van der Waals surface area contributed by atoms with Crippen LogP contribution in [0.4, 0.5) is 8.78 Å². The van der Waals surface area contributed by atoms with Crippen LogP contribution in [0, 0.1) is 11.6 Å². The number of carbonyl (C=O) groups excluding carboxylic acids is 1. The zero-order chi connectivity index (χ0) is 12.4. The molecule has 0 aliphatic heterocycles. The second-order valence-electron chi connectivity index (χ2n) is 3.40. The standard InChI is InChI=1S/C12H7BrF2O2/c13-8-4-5-17-12(8)11(16)6-7-9(14)2-1-3-10(7)15/h1-5H,6H2. The van der Waals surface area contributed by atoms with E-state index in [1.807, 2.05) is 0 Å². The molecule has 0 aliphatic rings. The lowest BCUT2D eigenvalue weighted by Gasteiger charge is -2.02. The normalized spacial score (nSPS) is 10.5. The topological polar surface area (TPSA) is 30.2 Å². The molecule has 0 saturated heterocycles. The first kappa shape index (κ1) is 12.0. The van der Waals surface area contributed by atoms with Gasteiger partial charge >= 0.3 is 0 Å². The third kappa shape index (κ3) is 2.44. The van der Waals surface area contributed by atoms with Gasteiger partial charge in [-0.2, -0.15) is 0 Å². The van der Waals surface area contributed by atoms with E-state index < -0.39 is 17.4 Å². The molecular formula is C12H7BrF2O2. The lowest BCUT2D eigenvalue weighted by molar-refractivity contribution is 0.0963. The molecule has 5 heteroatoms. The van der Waals surface area contributed by atoms with Crippen LogP contribution in [0.25, 0.3) is 0 Å². The van der Waals surface area contributed by atoms with Crippen LogP contribution in [0.15, 0.2) is 39.4 Å². The Labute approximate surface area is 104 Å². The van der Waals surface area contributed by atoms with E-state index in [1.165, 1.54) is 12.3 Å². The largest absolute Gasteiger partial charge is 0.460 e. The highest BCUT2D eigenvalue weighted by Crippen LogP contribution is 2.21. The Kier molecular flexibility index (Phi) is 3.38. The number of furan rings is 1. The molecule has 1 aromatic heterocycles. The summed E-state index contributed by atoms with van der Waals surface area (Å²) in [7, 11) is 0. The fraction of sp³-hybridized carbons (Fsp3) is 0.0833. The van der Waals surface area contributed by atoms with E-state index in [4.69, 9.17) is 4.42 Å². The van der Waals surface area contributed by atoms with Gasteiger partial charge in [-0.05, 0) is 34.1 Å². The Balaban J connectivity index is 2.28. The molecule has 0 bridgehead atoms. The van der Waals surface area contributed by atoms with Crippen LogP contribution in [-0.4, -0.2) is 5.78 Å². The van der Waals surface area contributed by atoms with E-state index in [0.717, 1.165) is 12.1 Å². The van der Waals surface area contributed by atoms with E-state index in [2.05, 4.69) is 15.9 Å². The van der Waals surface area contributed by atoms with Crippen molar-refractivity contribution in [2.24, 2.45) is 0 Å². The average molecular weight is 301 g/mol. The second kappa shape index (κ2) is 4.79. The van der Waals surface area contributed by atoms with E-state index in [0.29, 0.717) is 4.47 Å². The van der Waals surface area contributed by atoms with Gasteiger partial charge in [0.05, 0.1) is 10.7 Å². The molecule has 0 spiro atoms. The zero-order valence-corrected chi connectivity index (χ0v) is 10.1. The van der Waals surface area contributed by atoms with Crippen LogP contribution in [0.3, 0.4) is 0 Å². The predicted octanol–water partition coefficient (Wildman–Crippen LogP) is 3.75. The number of Topliss-reactive ketones (excluding diaryl/α,β-unsaturated/α-hetero) is 1. The summed E-state index contributed by atoms with van der Waals surface area (Å²) in [4.78, 5) is 11.7. The van der Waals surface area contributed by atoms with Crippen LogP contribution >= 0.6 is 15.9 Å². The van der Waals surface area contributed by atoms with Gasteiger partial charge in [0, 0.05) is 12.0 Å². The molecule has 1 heterocycles. The minimum atomic E-state index is -0.735. The molecule has 17 heavy (non-hydrogen) atoms. The third-order valence-corrected chi connectivity index (χ3v) is 2.89. The smallest absolute Gasteiger partial charge is 0.203 e. The number of rotatable bonds is 3. The monoisotopic (exact) mass is 300 g/mol. The van der Waals surface area contributed by atoms with Crippen LogP contribution in [0.5, 0.6) is 0 Å².